The summed E-state index contributed by atoms with van der Waals surface area (Å²) in [7, 11) is 1.42. The second kappa shape index (κ2) is 15.7. The second-order valence-corrected chi connectivity index (χ2v) is 7.67. The number of unbranched alkanes of at least 4 members (excludes halogenated alkanes) is 4. The van der Waals surface area contributed by atoms with E-state index in [-0.39, 0.29) is 5.97 Å². The lowest BCUT2D eigenvalue weighted by atomic mass is 9.96. The van der Waals surface area contributed by atoms with Crippen LogP contribution in [-0.2, 0) is 9.53 Å². The number of hydrogen-bond donors (Lipinski definition) is 1. The van der Waals surface area contributed by atoms with Gasteiger partial charge in [-0.05, 0) is 69.6 Å². The Kier molecular flexibility index (Phi) is 13.8. The molecule has 3 nitrogen and oxygen atoms in total. The Morgan fingerprint density at radius 1 is 1.04 bits per heavy atom. The van der Waals surface area contributed by atoms with Gasteiger partial charge >= 0.3 is 5.97 Å². The highest BCUT2D eigenvalue weighted by molar-refractivity contribution is 5.69. The molecule has 1 aliphatic rings. The van der Waals surface area contributed by atoms with Crippen molar-refractivity contribution in [1.29, 1.82) is 0 Å². The zero-order chi connectivity index (χ0) is 19.7. The predicted molar refractivity (Wildman–Crippen MR) is 114 cm³/mol. The summed E-state index contributed by atoms with van der Waals surface area (Å²) in [6.45, 7) is 2.24. The lowest BCUT2D eigenvalue weighted by molar-refractivity contribution is -0.140. The van der Waals surface area contributed by atoms with Crippen LogP contribution in [0.1, 0.15) is 84.0 Å². The van der Waals surface area contributed by atoms with E-state index in [0.29, 0.717) is 18.8 Å². The second-order valence-electron chi connectivity index (χ2n) is 7.67. The van der Waals surface area contributed by atoms with Crippen molar-refractivity contribution in [2.45, 2.75) is 90.1 Å². The van der Waals surface area contributed by atoms with Crippen molar-refractivity contribution in [1.82, 2.24) is 0 Å². The number of esters is 1. The molecule has 0 amide bonds. The topological polar surface area (TPSA) is 46.5 Å². The molecule has 1 rings (SSSR count). The van der Waals surface area contributed by atoms with Crippen LogP contribution in [0.5, 0.6) is 0 Å². The predicted octanol–water partition coefficient (Wildman–Crippen LogP) is 6.14. The van der Waals surface area contributed by atoms with Gasteiger partial charge in [0.15, 0.2) is 0 Å². The highest BCUT2D eigenvalue weighted by Crippen LogP contribution is 2.40. The van der Waals surface area contributed by atoms with Crippen molar-refractivity contribution in [3.8, 4) is 0 Å². The van der Waals surface area contributed by atoms with Gasteiger partial charge in [0.05, 0.1) is 13.2 Å². The molecule has 1 fully saturated rings. The molecule has 0 saturated heterocycles. The van der Waals surface area contributed by atoms with E-state index < -0.39 is 6.10 Å². The van der Waals surface area contributed by atoms with Crippen molar-refractivity contribution in [3.63, 3.8) is 0 Å². The first-order valence-corrected chi connectivity index (χ1v) is 10.9. The normalized spacial score (nSPS) is 17.1. The molecule has 0 aromatic rings. The summed E-state index contributed by atoms with van der Waals surface area (Å²) in [6, 6.07) is 0. The SMILES string of the molecule is CCCCCC=CCC[C@H](C=C[C@@H](O)CC=CCCCC(=O)OC)C1CC1. The lowest BCUT2D eigenvalue weighted by Crippen LogP contribution is -2.04. The molecule has 0 aliphatic heterocycles. The van der Waals surface area contributed by atoms with Crippen molar-refractivity contribution < 1.29 is 14.6 Å². The molecule has 2 atom stereocenters. The fraction of sp³-hybridized carbons (Fsp3) is 0.708. The molecule has 0 aromatic carbocycles. The van der Waals surface area contributed by atoms with Crippen molar-refractivity contribution in [2.24, 2.45) is 11.8 Å². The minimum absolute atomic E-state index is 0.159. The van der Waals surface area contributed by atoms with Crippen LogP contribution in [-0.4, -0.2) is 24.3 Å². The van der Waals surface area contributed by atoms with Crippen LogP contribution in [0, 0.1) is 11.8 Å². The number of allylic oxidation sites excluding steroid dienone is 4. The molecule has 1 aliphatic carbocycles. The average molecular weight is 377 g/mol. The van der Waals surface area contributed by atoms with Gasteiger partial charge in [-0.15, -0.1) is 0 Å². The Bertz CT molecular complexity index is 460. The number of rotatable bonds is 16. The van der Waals surface area contributed by atoms with Crippen LogP contribution < -0.4 is 0 Å². The Morgan fingerprint density at radius 3 is 2.44 bits per heavy atom. The van der Waals surface area contributed by atoms with Gasteiger partial charge in [0.1, 0.15) is 0 Å². The fourth-order valence-corrected chi connectivity index (χ4v) is 3.22. The van der Waals surface area contributed by atoms with Crippen LogP contribution in [0.4, 0.5) is 0 Å². The monoisotopic (exact) mass is 376 g/mol. The number of carbonyl (C=O) groups is 1. The molecule has 154 valence electrons. The maximum Gasteiger partial charge on any atom is 0.305 e. The molecule has 0 spiro atoms. The van der Waals surface area contributed by atoms with Gasteiger partial charge in [-0.2, -0.15) is 0 Å². The third-order valence-corrected chi connectivity index (χ3v) is 5.14. The number of aliphatic hydroxyl groups excluding tert-OH is 1. The third kappa shape index (κ3) is 13.5. The van der Waals surface area contributed by atoms with E-state index in [4.69, 9.17) is 0 Å². The molecule has 0 heterocycles. The first kappa shape index (κ1) is 23.7. The first-order chi connectivity index (χ1) is 13.2. The molecule has 0 bridgehead atoms. The van der Waals surface area contributed by atoms with Crippen LogP contribution >= 0.6 is 0 Å². The lowest BCUT2D eigenvalue weighted by Gasteiger charge is -2.11. The van der Waals surface area contributed by atoms with E-state index >= 15 is 0 Å². The molecule has 0 unspecified atom stereocenters. The Labute approximate surface area is 166 Å². The molecular formula is C24H40O3. The highest BCUT2D eigenvalue weighted by atomic mass is 16.5. The maximum absolute atomic E-state index is 11.0. The number of methoxy groups -OCH3 is 1. The van der Waals surface area contributed by atoms with Gasteiger partial charge in [0.25, 0.3) is 0 Å². The van der Waals surface area contributed by atoms with Crippen LogP contribution in [0.25, 0.3) is 0 Å². The summed E-state index contributed by atoms with van der Waals surface area (Å²) < 4.78 is 4.61. The summed E-state index contributed by atoms with van der Waals surface area (Å²) >= 11 is 0. The third-order valence-electron chi connectivity index (χ3n) is 5.14. The van der Waals surface area contributed by atoms with E-state index in [1.165, 1.54) is 52.1 Å². The molecular weight excluding hydrogens is 336 g/mol. The Balaban J connectivity index is 2.19. The molecule has 1 N–H and O–H groups in total. The van der Waals surface area contributed by atoms with E-state index in [1.807, 2.05) is 18.2 Å². The van der Waals surface area contributed by atoms with E-state index in [0.717, 1.165) is 25.2 Å². The minimum Gasteiger partial charge on any atom is -0.469 e. The van der Waals surface area contributed by atoms with Crippen molar-refractivity contribution >= 4 is 5.97 Å². The van der Waals surface area contributed by atoms with Gasteiger partial charge in [-0.3, -0.25) is 4.79 Å². The average Bonchev–Trinajstić information content (AvgIpc) is 3.51. The number of aliphatic hydroxyl groups is 1. The van der Waals surface area contributed by atoms with Crippen molar-refractivity contribution in [2.75, 3.05) is 7.11 Å². The minimum atomic E-state index is -0.410. The fourth-order valence-electron chi connectivity index (χ4n) is 3.22. The number of ether oxygens (including phenoxy) is 1. The van der Waals surface area contributed by atoms with Crippen LogP contribution in [0.3, 0.4) is 0 Å². The summed E-state index contributed by atoms with van der Waals surface area (Å²) in [4.78, 5) is 11.0. The van der Waals surface area contributed by atoms with Crippen LogP contribution in [0.15, 0.2) is 36.5 Å². The molecule has 3 heteroatoms. The quantitative estimate of drug-likeness (QED) is 0.200. The standard InChI is InChI=1S/C24H40O3/c1-3-4-5-6-7-8-11-14-21(22-17-18-22)19-20-23(25)15-12-9-10-13-16-24(26)27-2/h7-9,12,19-23,25H,3-6,10-11,13-18H2,1-2H3/t21-,23+/m1/s1. The zero-order valence-electron chi connectivity index (χ0n) is 17.4. The smallest absolute Gasteiger partial charge is 0.305 e. The van der Waals surface area contributed by atoms with Gasteiger partial charge in [0, 0.05) is 6.42 Å². The van der Waals surface area contributed by atoms with Crippen molar-refractivity contribution in [3.05, 3.63) is 36.5 Å². The summed E-state index contributed by atoms with van der Waals surface area (Å²) in [5.74, 6) is 1.29. The van der Waals surface area contributed by atoms with E-state index in [9.17, 15) is 9.90 Å². The van der Waals surface area contributed by atoms with E-state index in [1.54, 1.807) is 0 Å². The first-order valence-electron chi connectivity index (χ1n) is 10.9. The Hall–Kier alpha value is -1.35. The molecule has 0 aromatic heterocycles. The van der Waals surface area contributed by atoms with Gasteiger partial charge in [-0.1, -0.05) is 56.2 Å². The molecule has 0 radical (unpaired) electrons. The highest BCUT2D eigenvalue weighted by Gasteiger charge is 2.28. The van der Waals surface area contributed by atoms with Gasteiger partial charge < -0.3 is 9.84 Å². The number of hydrogen-bond acceptors (Lipinski definition) is 3. The van der Waals surface area contributed by atoms with Gasteiger partial charge in [-0.25, -0.2) is 0 Å². The van der Waals surface area contributed by atoms with Crippen LogP contribution in [0.2, 0.25) is 0 Å². The van der Waals surface area contributed by atoms with E-state index in [2.05, 4.69) is 29.9 Å². The Morgan fingerprint density at radius 2 is 1.74 bits per heavy atom. The molecule has 1 saturated carbocycles. The zero-order valence-corrected chi connectivity index (χ0v) is 17.4. The summed E-state index contributed by atoms with van der Waals surface area (Å²) in [6.07, 6.45) is 25.4. The van der Waals surface area contributed by atoms with Gasteiger partial charge in [0.2, 0.25) is 0 Å². The maximum atomic E-state index is 11.0. The summed E-state index contributed by atoms with van der Waals surface area (Å²) in [5, 5.41) is 10.1. The largest absolute Gasteiger partial charge is 0.469 e. The summed E-state index contributed by atoms with van der Waals surface area (Å²) in [5.41, 5.74) is 0. The number of carbonyl (C=O) groups excluding carboxylic acids is 1. The molecule has 27 heavy (non-hydrogen) atoms.